The molecule has 1 aliphatic rings. The molecule has 0 aromatic heterocycles. The van der Waals surface area contributed by atoms with Crippen molar-refractivity contribution in [3.05, 3.63) is 35.7 Å². The number of aryl methyl sites for hydroxylation is 1. The first-order chi connectivity index (χ1) is 11.8. The summed E-state index contributed by atoms with van der Waals surface area (Å²) in [5, 5.41) is 0.896. The first-order valence-electron chi connectivity index (χ1n) is 8.04. The largest absolute Gasteiger partial charge is 0.493 e. The number of likely N-dealkylation sites (tertiary alicyclic amines) is 1. The van der Waals surface area contributed by atoms with E-state index in [4.69, 9.17) is 9.47 Å². The van der Waals surface area contributed by atoms with Crippen molar-refractivity contribution in [1.29, 1.82) is 0 Å². The van der Waals surface area contributed by atoms with E-state index in [1.54, 1.807) is 18.1 Å². The van der Waals surface area contributed by atoms with Gasteiger partial charge in [0, 0.05) is 24.5 Å². The van der Waals surface area contributed by atoms with Crippen LogP contribution in [-0.4, -0.2) is 52.1 Å². The average molecular weight is 368 g/mol. The highest BCUT2D eigenvalue weighted by atomic mass is 32.2. The molecule has 0 aliphatic carbocycles. The number of benzene rings is 1. The van der Waals surface area contributed by atoms with E-state index in [9.17, 15) is 13.2 Å². The summed E-state index contributed by atoms with van der Waals surface area (Å²) in [4.78, 5) is 14.0. The smallest absolute Gasteiger partial charge is 0.260 e. The van der Waals surface area contributed by atoms with Crippen molar-refractivity contribution < 1.29 is 22.7 Å². The van der Waals surface area contributed by atoms with Gasteiger partial charge in [-0.3, -0.25) is 4.79 Å². The van der Waals surface area contributed by atoms with Crippen LogP contribution in [-0.2, 0) is 14.8 Å². The van der Waals surface area contributed by atoms with Crippen LogP contribution in [0.5, 0.6) is 11.5 Å². The Morgan fingerprint density at radius 3 is 2.64 bits per heavy atom. The number of rotatable bonds is 7. The van der Waals surface area contributed by atoms with Crippen LogP contribution in [0.25, 0.3) is 0 Å². The zero-order valence-electron chi connectivity index (χ0n) is 14.5. The Bertz CT molecular complexity index is 725. The third kappa shape index (κ3) is 5.47. The van der Waals surface area contributed by atoms with Gasteiger partial charge in [-0.1, -0.05) is 12.6 Å². The minimum Gasteiger partial charge on any atom is -0.493 e. The number of hydrogen-bond acceptors (Lipinski definition) is 5. The lowest BCUT2D eigenvalue weighted by molar-refractivity contribution is -0.134. The van der Waals surface area contributed by atoms with E-state index in [-0.39, 0.29) is 18.6 Å². The zero-order valence-corrected chi connectivity index (χ0v) is 15.3. The Balaban J connectivity index is 1.84. The number of piperidine rings is 1. The third-order valence-electron chi connectivity index (χ3n) is 4.07. The maximum Gasteiger partial charge on any atom is 0.260 e. The molecule has 138 valence electrons. The van der Waals surface area contributed by atoms with Gasteiger partial charge < -0.3 is 14.4 Å². The fourth-order valence-corrected chi connectivity index (χ4v) is 3.45. The summed E-state index contributed by atoms with van der Waals surface area (Å²) < 4.78 is 36.4. The van der Waals surface area contributed by atoms with Gasteiger partial charge in [0.25, 0.3) is 5.91 Å². The molecule has 0 spiro atoms. The van der Waals surface area contributed by atoms with Gasteiger partial charge in [0.15, 0.2) is 18.1 Å². The van der Waals surface area contributed by atoms with Crippen LogP contribution >= 0.6 is 0 Å². The first-order valence-corrected chi connectivity index (χ1v) is 9.59. The summed E-state index contributed by atoms with van der Waals surface area (Å²) in [6.45, 7) is 6.11. The molecule has 8 heteroatoms. The summed E-state index contributed by atoms with van der Waals surface area (Å²) in [5.74, 6) is 0.980. The van der Waals surface area contributed by atoms with Crippen LogP contribution in [0.15, 0.2) is 30.2 Å². The molecular weight excluding hydrogens is 344 g/mol. The molecule has 25 heavy (non-hydrogen) atoms. The van der Waals surface area contributed by atoms with Crippen LogP contribution in [0.2, 0.25) is 0 Å². The first kappa shape index (κ1) is 19.3. The molecule has 1 aromatic carbocycles. The standard InChI is InChI=1S/C17H24N2O5S/c1-4-25(21,22)18-14-7-9-19(10-8-14)17(20)12-24-15-6-5-13(2)11-16(15)23-3/h4-6,11,14,18H,1,7-10,12H2,2-3H3. The third-order valence-corrected chi connectivity index (χ3v) is 5.17. The fraction of sp³-hybridized carbons (Fsp3) is 0.471. The van der Waals surface area contributed by atoms with E-state index in [1.165, 1.54) is 0 Å². The number of carbonyl (C=O) groups excluding carboxylic acids is 1. The minimum atomic E-state index is -3.44. The molecule has 0 saturated carbocycles. The van der Waals surface area contributed by atoms with E-state index in [0.717, 1.165) is 11.0 Å². The molecule has 7 nitrogen and oxygen atoms in total. The van der Waals surface area contributed by atoms with E-state index in [1.807, 2.05) is 19.1 Å². The average Bonchev–Trinajstić information content (AvgIpc) is 2.60. The number of nitrogens with zero attached hydrogens (tertiary/aromatic N) is 1. The predicted molar refractivity (Wildman–Crippen MR) is 95.1 cm³/mol. The van der Waals surface area contributed by atoms with Crippen molar-refractivity contribution in [3.8, 4) is 11.5 Å². The maximum absolute atomic E-state index is 12.3. The fourth-order valence-electron chi connectivity index (χ4n) is 2.65. The molecular formula is C17H24N2O5S. The van der Waals surface area contributed by atoms with Crippen LogP contribution < -0.4 is 14.2 Å². The molecule has 1 fully saturated rings. The lowest BCUT2D eigenvalue weighted by atomic mass is 10.1. The molecule has 1 heterocycles. The highest BCUT2D eigenvalue weighted by Gasteiger charge is 2.25. The number of carbonyl (C=O) groups is 1. The topological polar surface area (TPSA) is 84.9 Å². The van der Waals surface area contributed by atoms with Gasteiger partial charge in [-0.25, -0.2) is 13.1 Å². The van der Waals surface area contributed by atoms with Gasteiger partial charge in [0.1, 0.15) is 0 Å². The number of amides is 1. The Morgan fingerprint density at radius 1 is 1.36 bits per heavy atom. The highest BCUT2D eigenvalue weighted by molar-refractivity contribution is 7.92. The molecule has 1 amide bonds. The number of hydrogen-bond donors (Lipinski definition) is 1. The molecule has 2 rings (SSSR count). The lowest BCUT2D eigenvalue weighted by Gasteiger charge is -2.32. The second kappa shape index (κ2) is 8.35. The van der Waals surface area contributed by atoms with E-state index < -0.39 is 10.0 Å². The van der Waals surface area contributed by atoms with Crippen LogP contribution in [0.4, 0.5) is 0 Å². The van der Waals surface area contributed by atoms with E-state index in [2.05, 4.69) is 11.3 Å². The Kier molecular flexibility index (Phi) is 6.44. The molecule has 0 bridgehead atoms. The second-order valence-electron chi connectivity index (χ2n) is 5.93. The minimum absolute atomic E-state index is 0.0809. The Hall–Kier alpha value is -2.06. The second-order valence-corrected chi connectivity index (χ2v) is 7.59. The van der Waals surface area contributed by atoms with Crippen molar-refractivity contribution in [2.45, 2.75) is 25.8 Å². The van der Waals surface area contributed by atoms with Crippen LogP contribution in [0.3, 0.4) is 0 Å². The van der Waals surface area contributed by atoms with Crippen molar-refractivity contribution in [1.82, 2.24) is 9.62 Å². The molecule has 1 aliphatic heterocycles. The molecule has 0 unspecified atom stereocenters. The summed E-state index contributed by atoms with van der Waals surface area (Å²) in [5.41, 5.74) is 1.04. The summed E-state index contributed by atoms with van der Waals surface area (Å²) in [6, 6.07) is 5.33. The Labute approximate surface area is 148 Å². The van der Waals surface area contributed by atoms with Gasteiger partial charge in [0.05, 0.1) is 7.11 Å². The zero-order chi connectivity index (χ0) is 18.4. The maximum atomic E-state index is 12.3. The van der Waals surface area contributed by atoms with Crippen molar-refractivity contribution in [2.75, 3.05) is 26.8 Å². The van der Waals surface area contributed by atoms with Crippen molar-refractivity contribution in [3.63, 3.8) is 0 Å². The van der Waals surface area contributed by atoms with Gasteiger partial charge in [-0.15, -0.1) is 0 Å². The highest BCUT2D eigenvalue weighted by Crippen LogP contribution is 2.27. The quantitative estimate of drug-likeness (QED) is 0.787. The van der Waals surface area contributed by atoms with Crippen LogP contribution in [0.1, 0.15) is 18.4 Å². The predicted octanol–water partition coefficient (Wildman–Crippen LogP) is 1.44. The summed E-state index contributed by atoms with van der Waals surface area (Å²) in [6.07, 6.45) is 1.12. The number of methoxy groups -OCH3 is 1. The monoisotopic (exact) mass is 368 g/mol. The normalized spacial score (nSPS) is 15.7. The van der Waals surface area contributed by atoms with Gasteiger partial charge in [0.2, 0.25) is 10.0 Å². The van der Waals surface area contributed by atoms with Gasteiger partial charge in [-0.2, -0.15) is 0 Å². The molecule has 0 atom stereocenters. The number of ether oxygens (including phenoxy) is 2. The molecule has 1 saturated heterocycles. The number of sulfonamides is 1. The van der Waals surface area contributed by atoms with Crippen molar-refractivity contribution >= 4 is 15.9 Å². The van der Waals surface area contributed by atoms with E-state index in [0.29, 0.717) is 37.4 Å². The SMILES string of the molecule is C=CS(=O)(=O)NC1CCN(C(=O)COc2ccc(C)cc2OC)CC1. The summed E-state index contributed by atoms with van der Waals surface area (Å²) in [7, 11) is -1.89. The van der Waals surface area contributed by atoms with Gasteiger partial charge >= 0.3 is 0 Å². The van der Waals surface area contributed by atoms with Crippen LogP contribution in [0, 0.1) is 6.92 Å². The van der Waals surface area contributed by atoms with Crippen molar-refractivity contribution in [2.24, 2.45) is 0 Å². The van der Waals surface area contributed by atoms with Gasteiger partial charge in [-0.05, 0) is 37.5 Å². The Morgan fingerprint density at radius 2 is 2.04 bits per heavy atom. The molecule has 1 aromatic rings. The van der Waals surface area contributed by atoms with E-state index >= 15 is 0 Å². The number of nitrogens with one attached hydrogen (secondary N) is 1. The molecule has 1 N–H and O–H groups in total. The summed E-state index contributed by atoms with van der Waals surface area (Å²) >= 11 is 0. The molecule has 0 radical (unpaired) electrons. The lowest BCUT2D eigenvalue weighted by Crippen LogP contribution is -2.47.